The highest BCUT2D eigenvalue weighted by molar-refractivity contribution is 6.90. The first-order valence-electron chi connectivity index (χ1n) is 24.5. The number of fused-ring (bicyclic) bond motifs is 4. The van der Waals surface area contributed by atoms with Crippen molar-refractivity contribution in [1.29, 1.82) is 0 Å². The van der Waals surface area contributed by atoms with Crippen LogP contribution >= 0.6 is 0 Å². The fourth-order valence-corrected chi connectivity index (χ4v) is 16.5. The van der Waals surface area contributed by atoms with Crippen LogP contribution < -0.4 is 9.64 Å². The number of benzene rings is 4. The molecule has 3 aliphatic heterocycles. The minimum atomic E-state index is -2.52. The molecule has 0 spiro atoms. The van der Waals surface area contributed by atoms with E-state index < -0.39 is 49.8 Å². The summed E-state index contributed by atoms with van der Waals surface area (Å²) in [5.74, 6) is 0.296. The van der Waals surface area contributed by atoms with Gasteiger partial charge in [0.05, 0.1) is 49.4 Å². The van der Waals surface area contributed by atoms with Crippen LogP contribution in [-0.4, -0.2) is 90.3 Å². The van der Waals surface area contributed by atoms with Gasteiger partial charge in [-0.3, -0.25) is 9.88 Å². The summed E-state index contributed by atoms with van der Waals surface area (Å²) in [5, 5.41) is 0.637. The van der Waals surface area contributed by atoms with Gasteiger partial charge in [-0.15, -0.1) is 5.54 Å². The van der Waals surface area contributed by atoms with Crippen LogP contribution in [0.3, 0.4) is 0 Å². The lowest BCUT2D eigenvalue weighted by molar-refractivity contribution is 0.102. The quantitative estimate of drug-likeness (QED) is 0.0554. The fourth-order valence-electron chi connectivity index (χ4n) is 11.3. The maximum absolute atomic E-state index is 18.2. The molecule has 4 aliphatic rings. The molecule has 10 rings (SSSR count). The predicted molar refractivity (Wildman–Crippen MR) is 260 cm³/mol. The molecule has 3 saturated heterocycles. The Hall–Kier alpha value is -5.68. The molecule has 0 radical (unpaired) electrons. The number of anilines is 1. The van der Waals surface area contributed by atoms with E-state index in [4.69, 9.17) is 24.4 Å². The van der Waals surface area contributed by atoms with Gasteiger partial charge in [0.2, 0.25) is 0 Å². The number of halogens is 4. The summed E-state index contributed by atoms with van der Waals surface area (Å²) in [4.78, 5) is 23.1. The number of hydrogen-bond donors (Lipinski definition) is 0. The van der Waals surface area contributed by atoms with Crippen molar-refractivity contribution in [2.24, 2.45) is 4.99 Å². The Morgan fingerprint density at radius 2 is 1.64 bits per heavy atom. The Labute approximate surface area is 393 Å². The normalized spacial score (nSPS) is 22.2. The Morgan fingerprint density at radius 1 is 0.940 bits per heavy atom. The molecule has 0 unspecified atom stereocenters. The second-order valence-corrected chi connectivity index (χ2v) is 25.1. The highest BCUT2D eigenvalue weighted by atomic mass is 28.3. The van der Waals surface area contributed by atoms with Gasteiger partial charge in [-0.05, 0) is 66.0 Å². The molecule has 8 nitrogen and oxygen atoms in total. The third-order valence-electron chi connectivity index (χ3n) is 14.6. The molecule has 1 saturated carbocycles. The maximum atomic E-state index is 18.2. The van der Waals surface area contributed by atoms with Crippen molar-refractivity contribution in [3.8, 4) is 28.7 Å². The molecule has 13 heteroatoms. The zero-order valence-corrected chi connectivity index (χ0v) is 39.7. The smallest absolute Gasteiger partial charge is 0.319 e. The molecule has 0 bridgehead atoms. The highest BCUT2D eigenvalue weighted by Gasteiger charge is 2.50. The van der Waals surface area contributed by atoms with E-state index >= 15 is 17.6 Å². The van der Waals surface area contributed by atoms with E-state index in [2.05, 4.69) is 58.0 Å². The van der Waals surface area contributed by atoms with Crippen molar-refractivity contribution >= 4 is 47.0 Å². The first-order chi connectivity index (χ1) is 33.0. The Bertz CT molecular complexity index is 3000. The molecule has 4 fully saturated rings. The van der Waals surface area contributed by atoms with Gasteiger partial charge >= 0.3 is 6.01 Å². The Kier molecular flexibility index (Phi) is 11.3. The van der Waals surface area contributed by atoms with E-state index in [1.807, 2.05) is 65.6 Å². The van der Waals surface area contributed by atoms with Crippen LogP contribution in [0.5, 0.6) is 6.01 Å². The Morgan fingerprint density at radius 3 is 2.33 bits per heavy atom. The number of aliphatic imine (C=N–C) groups is 1. The summed E-state index contributed by atoms with van der Waals surface area (Å²) < 4.78 is 96.8. The lowest BCUT2D eigenvalue weighted by Gasteiger charge is -2.38. The van der Waals surface area contributed by atoms with Gasteiger partial charge in [0.15, 0.2) is 17.5 Å². The van der Waals surface area contributed by atoms with Gasteiger partial charge in [-0.25, -0.2) is 22.6 Å². The van der Waals surface area contributed by atoms with Crippen LogP contribution in [-0.2, 0) is 4.74 Å². The largest absolute Gasteiger partial charge is 0.461 e. The molecule has 4 aromatic carbocycles. The summed E-state index contributed by atoms with van der Waals surface area (Å²) in [6.07, 6.45) is 1.89. The lowest BCUT2D eigenvalue weighted by atomic mass is 9.94. The van der Waals surface area contributed by atoms with Gasteiger partial charge in [-0.1, -0.05) is 108 Å². The van der Waals surface area contributed by atoms with Gasteiger partial charge in [0.25, 0.3) is 0 Å². The van der Waals surface area contributed by atoms with E-state index in [0.29, 0.717) is 49.8 Å². The van der Waals surface area contributed by atoms with Crippen LogP contribution in [0.1, 0.15) is 86.7 Å². The van der Waals surface area contributed by atoms with E-state index in [0.717, 1.165) is 23.6 Å². The van der Waals surface area contributed by atoms with Gasteiger partial charge in [-0.2, -0.15) is 9.97 Å². The Balaban J connectivity index is 1.23. The second kappa shape index (κ2) is 17.8. The lowest BCUT2D eigenvalue weighted by Crippen LogP contribution is -2.43. The molecule has 6 aromatic rings. The van der Waals surface area contributed by atoms with E-state index in [1.54, 1.807) is 17.0 Å². The fraction of sp³-hybridized carbons (Fsp3) is 0.407. The van der Waals surface area contributed by atoms with Crippen LogP contribution in [0.4, 0.5) is 29.1 Å². The number of alkyl halides is 1. The molecule has 0 N–H and O–H groups in total. The van der Waals surface area contributed by atoms with Gasteiger partial charge in [0, 0.05) is 47.8 Å². The highest BCUT2D eigenvalue weighted by Crippen LogP contribution is 2.45. The predicted octanol–water partition coefficient (Wildman–Crippen LogP) is 11.9. The van der Waals surface area contributed by atoms with Crippen LogP contribution in [0.15, 0.2) is 90.1 Å². The number of morpholine rings is 1. The summed E-state index contributed by atoms with van der Waals surface area (Å²) in [7, 11) is -2.52. The molecule has 4 atom stereocenters. The van der Waals surface area contributed by atoms with Crippen molar-refractivity contribution in [2.75, 3.05) is 37.7 Å². The third kappa shape index (κ3) is 8.08. The van der Waals surface area contributed by atoms with Gasteiger partial charge in [0.1, 0.15) is 37.8 Å². The number of rotatable bonds is 11. The van der Waals surface area contributed by atoms with Crippen molar-refractivity contribution in [3.05, 3.63) is 119 Å². The van der Waals surface area contributed by atoms with E-state index in [-0.39, 0.29) is 80.2 Å². The maximum Gasteiger partial charge on any atom is 0.319 e. The summed E-state index contributed by atoms with van der Waals surface area (Å²) in [6, 6.07) is 23.0. The molecule has 5 heterocycles. The van der Waals surface area contributed by atoms with Crippen LogP contribution in [0.2, 0.25) is 16.6 Å². The number of hydrogen-bond acceptors (Lipinski definition) is 8. The first kappa shape index (κ1) is 42.7. The van der Waals surface area contributed by atoms with Crippen molar-refractivity contribution in [2.45, 2.75) is 108 Å². The molecule has 346 valence electrons. The van der Waals surface area contributed by atoms with Crippen molar-refractivity contribution < 1.29 is 29.8 Å². The average Bonchev–Trinajstić information content (AvgIpc) is 3.90. The topological polar surface area (TPSA) is 76.0 Å². The SMILES string of the molecule is [2H]C([2H])(Oc1nc(N2CCO[C@@H]3C[C@@H]32)c2cnc(-c3cc(N=C(c4ccccc4)c4ccccc4)cc4cc(F)c(F)c(C#C[Si](C(C)C)(C(C)C)C(C)C)c34)c(F)c2n1)[C@@]12CCCN1C[C@H](F)C2. The first-order valence-corrected chi connectivity index (χ1v) is 25.8. The molecule has 2 aromatic heterocycles. The third-order valence-corrected chi connectivity index (χ3v) is 20.9. The number of nitrogens with zero attached hydrogens (tertiary/aromatic N) is 6. The number of pyridine rings is 1. The zero-order chi connectivity index (χ0) is 48.6. The summed E-state index contributed by atoms with van der Waals surface area (Å²) >= 11 is 0. The minimum absolute atomic E-state index is 0.0485. The van der Waals surface area contributed by atoms with E-state index in [1.165, 1.54) is 6.20 Å². The molecule has 0 amide bonds. The second-order valence-electron chi connectivity index (χ2n) is 19.5. The molecular formula is C54H56F4N6O2Si. The van der Waals surface area contributed by atoms with Crippen LogP contribution in [0, 0.1) is 28.9 Å². The molecule has 1 aliphatic carbocycles. The summed E-state index contributed by atoms with van der Waals surface area (Å²) in [6.45, 7) is 11.8. The summed E-state index contributed by atoms with van der Waals surface area (Å²) in [5.41, 5.74) is 4.80. The number of aromatic nitrogens is 3. The standard InChI is InChI=1S/C54H56F4N6O2Si/c1-32(2)67(33(3)4,34(5)6)23-18-40-46-37(25-43(56)47(40)57)24-39(60-49(35-14-9-7-10-15-35)36-16-11-8-12-17-36)26-41(46)50-48(58)51-42(29-59-50)52(64-21-22-65-45-27-44(45)64)62-53(61-51)66-31-54-19-13-20-63(54)30-38(55)28-54/h7-12,14-17,24-26,29,32-34,38,44-45H,13,19-22,27-28,30-31H2,1-6H3/t38-,44+,45-,54+/m1/s1/i31D2. The van der Waals surface area contributed by atoms with Crippen molar-refractivity contribution in [3.63, 3.8) is 0 Å². The van der Waals surface area contributed by atoms with Crippen LogP contribution in [0.25, 0.3) is 32.9 Å². The minimum Gasteiger partial charge on any atom is -0.461 e. The zero-order valence-electron chi connectivity index (χ0n) is 40.7. The molecular weight excluding hydrogens is 869 g/mol. The molecule has 67 heavy (non-hydrogen) atoms. The van der Waals surface area contributed by atoms with E-state index in [9.17, 15) is 2.74 Å². The van der Waals surface area contributed by atoms with Gasteiger partial charge < -0.3 is 14.4 Å². The number of ether oxygens (including phenoxy) is 2. The van der Waals surface area contributed by atoms with Crippen molar-refractivity contribution in [1.82, 2.24) is 19.9 Å². The average molecular weight is 927 g/mol. The monoisotopic (exact) mass is 926 g/mol.